The molecule has 0 saturated carbocycles. The summed E-state index contributed by atoms with van der Waals surface area (Å²) in [6, 6.07) is 15.7. The second-order valence-electron chi connectivity index (χ2n) is 12.1. The molecule has 0 unspecified atom stereocenters. The van der Waals surface area contributed by atoms with Gasteiger partial charge in [0.1, 0.15) is 12.6 Å². The van der Waals surface area contributed by atoms with E-state index in [9.17, 15) is 0 Å². The zero-order chi connectivity index (χ0) is 29.4. The van der Waals surface area contributed by atoms with Crippen LogP contribution in [0, 0.1) is 0 Å². The minimum atomic E-state index is -1.17. The van der Waals surface area contributed by atoms with Gasteiger partial charge in [-0.3, -0.25) is 0 Å². The number of fused-ring (bicyclic) bond motifs is 5. The molecule has 8 bridgehead atoms. The average Bonchev–Trinajstić information content (AvgIpc) is 3.82. The monoisotopic (exact) mass is 582 g/mol. The number of aromatic amines is 1. The Morgan fingerprint density at radius 2 is 1.56 bits per heavy atom. The molecule has 6 heterocycles. The maximum absolute atomic E-state index is 6.12. The quantitative estimate of drug-likeness (QED) is 0.286. The minimum Gasteiger partial charge on any atom is -0.361 e. The Balaban J connectivity index is 1.31. The van der Waals surface area contributed by atoms with Crippen LogP contribution in [0.5, 0.6) is 0 Å². The number of ether oxygens (including phenoxy) is 1. The smallest absolute Gasteiger partial charge is 0.124 e. The largest absolute Gasteiger partial charge is 0.361 e. The van der Waals surface area contributed by atoms with Crippen LogP contribution in [0.2, 0.25) is 25.7 Å². The molecule has 2 N–H and O–H groups in total. The second kappa shape index (κ2) is 11.1. The molecule has 0 fully saturated rings. The number of nitrogens with zero attached hydrogens (tertiary/aromatic N) is 4. The lowest BCUT2D eigenvalue weighted by atomic mass is 10.0. The highest BCUT2D eigenvalue weighted by atomic mass is 28.3. The van der Waals surface area contributed by atoms with Gasteiger partial charge in [0, 0.05) is 44.0 Å². The highest BCUT2D eigenvalue weighted by Crippen LogP contribution is 2.32. The summed E-state index contributed by atoms with van der Waals surface area (Å²) in [7, 11) is -1.17. The van der Waals surface area contributed by atoms with Crippen LogP contribution in [0.1, 0.15) is 17.0 Å². The summed E-state index contributed by atoms with van der Waals surface area (Å²) in [4.78, 5) is 20.8. The standard InChI is InChI=1S/C35H34N6OSi/c1-43(2,3)20-19-42-23-41-18-17-36-35(41)34-31-15-11-27(39-31)21-25-9-13-29(37-25)33(24-7-5-4-6-8-24)30-14-10-26(38-30)22-28-12-16-32(34)40-28/h4-18,21-22,36-37H,19-20,23H2,1-3H3/b27-21?,28-22?,33-30?,35-34-. The van der Waals surface area contributed by atoms with Crippen LogP contribution < -0.4 is 5.32 Å². The molecule has 7 rings (SSSR count). The Morgan fingerprint density at radius 1 is 0.791 bits per heavy atom. The SMILES string of the molecule is C[Si](C)(C)CCOCN1C=CN/C1=C1/C2=NC(=CC3=NC(=C(c4ccccc4)c4ccc([nH]4)C=C4C=CC1=N4)C=C3)C=C2. The fourth-order valence-electron chi connectivity index (χ4n) is 5.39. The minimum absolute atomic E-state index is 0.456. The molecule has 5 aliphatic rings. The van der Waals surface area contributed by atoms with Gasteiger partial charge in [0.25, 0.3) is 0 Å². The highest BCUT2D eigenvalue weighted by molar-refractivity contribution is 6.76. The lowest BCUT2D eigenvalue weighted by molar-refractivity contribution is 0.0791. The van der Waals surface area contributed by atoms with Crippen LogP contribution in [-0.2, 0) is 4.74 Å². The predicted octanol–water partition coefficient (Wildman–Crippen LogP) is 6.95. The molecule has 2 aromatic rings. The molecule has 1 aromatic carbocycles. The summed E-state index contributed by atoms with van der Waals surface area (Å²) in [5, 5.41) is 3.44. The molecule has 0 atom stereocenters. The molecule has 8 heteroatoms. The molecule has 7 nitrogen and oxygen atoms in total. The van der Waals surface area contributed by atoms with Gasteiger partial charge in [0.15, 0.2) is 0 Å². The van der Waals surface area contributed by atoms with Gasteiger partial charge in [0.05, 0.1) is 39.8 Å². The number of H-pyrrole nitrogens is 1. The van der Waals surface area contributed by atoms with E-state index < -0.39 is 8.07 Å². The predicted molar refractivity (Wildman–Crippen MR) is 179 cm³/mol. The van der Waals surface area contributed by atoms with E-state index in [1.165, 1.54) is 0 Å². The maximum atomic E-state index is 6.12. The van der Waals surface area contributed by atoms with Crippen LogP contribution in [0.4, 0.5) is 0 Å². The van der Waals surface area contributed by atoms with Gasteiger partial charge in [-0.2, -0.15) is 0 Å². The molecule has 0 aliphatic carbocycles. The van der Waals surface area contributed by atoms with Crippen LogP contribution in [0.15, 0.2) is 141 Å². The third-order valence-corrected chi connectivity index (χ3v) is 9.32. The number of aromatic nitrogens is 1. The molecule has 1 aromatic heterocycles. The van der Waals surface area contributed by atoms with E-state index in [1.54, 1.807) is 0 Å². The number of rotatable bonds is 6. The van der Waals surface area contributed by atoms with Crippen molar-refractivity contribution in [3.8, 4) is 0 Å². The van der Waals surface area contributed by atoms with Crippen molar-refractivity contribution >= 4 is 36.9 Å². The molecule has 0 amide bonds. The summed E-state index contributed by atoms with van der Waals surface area (Å²) in [6.45, 7) is 8.31. The van der Waals surface area contributed by atoms with E-state index >= 15 is 0 Å². The van der Waals surface area contributed by atoms with Gasteiger partial charge in [-0.05, 0) is 72.3 Å². The third-order valence-electron chi connectivity index (χ3n) is 7.62. The Bertz CT molecular complexity index is 1820. The van der Waals surface area contributed by atoms with Gasteiger partial charge in [0.2, 0.25) is 0 Å². The molecular formula is C35H34N6OSi. The zero-order valence-corrected chi connectivity index (χ0v) is 25.6. The number of allylic oxidation sites excluding steroid dienone is 8. The summed E-state index contributed by atoms with van der Waals surface area (Å²) in [5.74, 6) is 0.904. The van der Waals surface area contributed by atoms with E-state index in [0.717, 1.165) is 80.8 Å². The molecular weight excluding hydrogens is 549 g/mol. The number of hydrogen-bond acceptors (Lipinski definition) is 6. The first-order chi connectivity index (χ1) is 20.9. The van der Waals surface area contributed by atoms with Crippen LogP contribution >= 0.6 is 0 Å². The van der Waals surface area contributed by atoms with Crippen LogP contribution in [0.25, 0.3) is 11.6 Å². The fraction of sp³-hybridized carbons (Fsp3) is 0.171. The van der Waals surface area contributed by atoms with Gasteiger partial charge in [-0.25, -0.2) is 15.0 Å². The van der Waals surface area contributed by atoms with Crippen molar-refractivity contribution in [1.29, 1.82) is 0 Å². The third kappa shape index (κ3) is 5.80. The maximum Gasteiger partial charge on any atom is 0.124 e. The first-order valence-electron chi connectivity index (χ1n) is 14.7. The van der Waals surface area contributed by atoms with Crippen molar-refractivity contribution in [2.24, 2.45) is 15.0 Å². The summed E-state index contributed by atoms with van der Waals surface area (Å²) in [5.41, 5.74) is 10.2. The van der Waals surface area contributed by atoms with E-state index in [1.807, 2.05) is 42.8 Å². The molecule has 214 valence electrons. The van der Waals surface area contributed by atoms with Crippen molar-refractivity contribution in [3.63, 3.8) is 0 Å². The van der Waals surface area contributed by atoms with Gasteiger partial charge in [-0.15, -0.1) is 0 Å². The highest BCUT2D eigenvalue weighted by Gasteiger charge is 2.27. The lowest BCUT2D eigenvalue weighted by Crippen LogP contribution is -2.28. The normalized spacial score (nSPS) is 20.4. The Kier molecular flexibility index (Phi) is 7.00. The molecule has 5 aliphatic heterocycles. The van der Waals surface area contributed by atoms with Crippen molar-refractivity contribution in [1.82, 2.24) is 15.2 Å². The number of hydrogen-bond donors (Lipinski definition) is 2. The number of aliphatic imine (C=N–C) groups is 3. The van der Waals surface area contributed by atoms with Crippen LogP contribution in [-0.4, -0.2) is 48.4 Å². The van der Waals surface area contributed by atoms with Gasteiger partial charge in [-0.1, -0.05) is 50.0 Å². The first kappa shape index (κ1) is 27.1. The van der Waals surface area contributed by atoms with Gasteiger partial charge < -0.3 is 19.9 Å². The molecule has 0 saturated heterocycles. The Morgan fingerprint density at radius 3 is 2.33 bits per heavy atom. The van der Waals surface area contributed by atoms with E-state index in [2.05, 4.69) is 95.5 Å². The summed E-state index contributed by atoms with van der Waals surface area (Å²) < 4.78 is 6.12. The second-order valence-corrected chi connectivity index (χ2v) is 17.7. The topological polar surface area (TPSA) is 77.4 Å². The van der Waals surface area contributed by atoms with E-state index in [4.69, 9.17) is 19.7 Å². The molecule has 0 spiro atoms. The Labute approximate surface area is 253 Å². The van der Waals surface area contributed by atoms with Crippen molar-refractivity contribution < 1.29 is 4.74 Å². The van der Waals surface area contributed by atoms with E-state index in [0.29, 0.717) is 6.73 Å². The van der Waals surface area contributed by atoms with Crippen molar-refractivity contribution in [3.05, 3.63) is 143 Å². The number of nitrogens with one attached hydrogen (secondary N) is 2. The number of benzene rings is 1. The van der Waals surface area contributed by atoms with Crippen LogP contribution in [0.3, 0.4) is 0 Å². The summed E-state index contributed by atoms with van der Waals surface area (Å²) >= 11 is 0. The van der Waals surface area contributed by atoms with Gasteiger partial charge >= 0.3 is 0 Å². The fourth-order valence-corrected chi connectivity index (χ4v) is 6.15. The summed E-state index contributed by atoms with van der Waals surface area (Å²) in [6.07, 6.45) is 20.4. The van der Waals surface area contributed by atoms with Crippen molar-refractivity contribution in [2.75, 3.05) is 13.3 Å². The zero-order valence-electron chi connectivity index (χ0n) is 24.6. The first-order valence-corrected chi connectivity index (χ1v) is 18.4. The molecule has 43 heavy (non-hydrogen) atoms. The average molecular weight is 583 g/mol. The Hall–Kier alpha value is -4.79. The van der Waals surface area contributed by atoms with Crippen molar-refractivity contribution in [2.45, 2.75) is 25.7 Å². The van der Waals surface area contributed by atoms with E-state index in [-0.39, 0.29) is 0 Å². The molecule has 0 radical (unpaired) electrons. The lowest BCUT2D eigenvalue weighted by Gasteiger charge is -2.22.